The number of thiazole rings is 1. The van der Waals surface area contributed by atoms with Gasteiger partial charge in [-0.3, -0.25) is 0 Å². The molecule has 2 aromatic heterocycles. The molecule has 0 amide bonds. The number of nitrogens with one attached hydrogen (secondary N) is 1. The van der Waals surface area contributed by atoms with Gasteiger partial charge in [-0.15, -0.1) is 11.3 Å². The van der Waals surface area contributed by atoms with Crippen LogP contribution in [0, 0.1) is 5.82 Å². The Morgan fingerprint density at radius 1 is 1.33 bits per heavy atom. The first-order valence-corrected chi connectivity index (χ1v) is 6.26. The highest BCUT2D eigenvalue weighted by Crippen LogP contribution is 2.22. The van der Waals surface area contributed by atoms with Crippen molar-refractivity contribution in [3.05, 3.63) is 46.9 Å². The Morgan fingerprint density at radius 2 is 2.22 bits per heavy atom. The average Bonchev–Trinajstić information content (AvgIpc) is 2.93. The lowest BCUT2D eigenvalue weighted by Gasteiger charge is -1.92. The molecule has 0 unspecified atom stereocenters. The number of rotatable bonds is 2. The highest BCUT2D eigenvalue weighted by molar-refractivity contribution is 7.13. The Hall–Kier alpha value is -2.14. The number of H-pyrrole nitrogens is 1. The molecule has 5 heteroatoms. The zero-order valence-corrected chi connectivity index (χ0v) is 10.2. The van der Waals surface area contributed by atoms with E-state index in [0.29, 0.717) is 5.13 Å². The lowest BCUT2D eigenvalue weighted by Crippen LogP contribution is -1.80. The summed E-state index contributed by atoms with van der Waals surface area (Å²) in [5.41, 5.74) is 8.20. The van der Waals surface area contributed by atoms with Crippen LogP contribution in [0.1, 0.15) is 11.3 Å². The third-order valence-corrected chi connectivity index (χ3v) is 3.34. The Balaban J connectivity index is 1.99. The van der Waals surface area contributed by atoms with Crippen LogP contribution in [0.25, 0.3) is 23.1 Å². The molecular weight excluding hydrogens is 249 g/mol. The van der Waals surface area contributed by atoms with Crippen molar-refractivity contribution < 1.29 is 4.39 Å². The Morgan fingerprint density at radius 3 is 3.00 bits per heavy atom. The second kappa shape index (κ2) is 4.27. The summed E-state index contributed by atoms with van der Waals surface area (Å²) in [6, 6.07) is 4.68. The maximum Gasteiger partial charge on any atom is 0.180 e. The molecule has 0 fully saturated rings. The van der Waals surface area contributed by atoms with Crippen molar-refractivity contribution in [3.63, 3.8) is 0 Å². The number of nitrogen functional groups attached to an aromatic ring is 1. The van der Waals surface area contributed by atoms with Gasteiger partial charge in [0, 0.05) is 22.5 Å². The summed E-state index contributed by atoms with van der Waals surface area (Å²) in [5, 5.41) is 3.27. The van der Waals surface area contributed by atoms with Crippen LogP contribution in [0.5, 0.6) is 0 Å². The van der Waals surface area contributed by atoms with E-state index in [9.17, 15) is 4.39 Å². The molecule has 0 saturated heterocycles. The molecule has 1 aromatic carbocycles. The van der Waals surface area contributed by atoms with Crippen molar-refractivity contribution >= 4 is 39.5 Å². The summed E-state index contributed by atoms with van der Waals surface area (Å²) >= 11 is 1.40. The summed E-state index contributed by atoms with van der Waals surface area (Å²) in [5.74, 6) is -0.241. The predicted octanol–water partition coefficient (Wildman–Crippen LogP) is 3.52. The number of nitrogens with zero attached hydrogens (tertiary/aromatic N) is 1. The van der Waals surface area contributed by atoms with Gasteiger partial charge >= 0.3 is 0 Å². The molecule has 0 aliphatic rings. The first-order valence-electron chi connectivity index (χ1n) is 5.38. The standard InChI is InChI=1S/C13H10FN3S/c14-9-2-4-12-11(5-9)8(6-16-12)1-3-10-7-18-13(15)17-10/h1-7,16H,(H2,15,17). The van der Waals surface area contributed by atoms with E-state index in [1.54, 1.807) is 6.07 Å². The van der Waals surface area contributed by atoms with Crippen molar-refractivity contribution in [3.8, 4) is 0 Å². The normalized spacial score (nSPS) is 11.6. The van der Waals surface area contributed by atoms with Crippen molar-refractivity contribution in [1.82, 2.24) is 9.97 Å². The number of hydrogen-bond donors (Lipinski definition) is 2. The number of hydrogen-bond acceptors (Lipinski definition) is 3. The minimum atomic E-state index is -0.241. The van der Waals surface area contributed by atoms with Gasteiger partial charge in [-0.1, -0.05) is 6.08 Å². The number of aromatic nitrogens is 2. The van der Waals surface area contributed by atoms with Gasteiger partial charge < -0.3 is 10.7 Å². The maximum atomic E-state index is 13.2. The highest BCUT2D eigenvalue weighted by Gasteiger charge is 2.02. The molecule has 0 aliphatic carbocycles. The summed E-state index contributed by atoms with van der Waals surface area (Å²) < 4.78 is 13.2. The van der Waals surface area contributed by atoms with Gasteiger partial charge in [0.1, 0.15) is 5.82 Å². The van der Waals surface area contributed by atoms with Crippen molar-refractivity contribution in [2.24, 2.45) is 0 Å². The van der Waals surface area contributed by atoms with Crippen LogP contribution in [0.15, 0.2) is 29.8 Å². The van der Waals surface area contributed by atoms with Crippen LogP contribution in [-0.2, 0) is 0 Å². The zero-order chi connectivity index (χ0) is 12.5. The van der Waals surface area contributed by atoms with Crippen LogP contribution in [-0.4, -0.2) is 9.97 Å². The molecule has 3 N–H and O–H groups in total. The average molecular weight is 259 g/mol. The minimum absolute atomic E-state index is 0.241. The van der Waals surface area contributed by atoms with Crippen LogP contribution in [0.3, 0.4) is 0 Å². The van der Waals surface area contributed by atoms with E-state index in [-0.39, 0.29) is 5.82 Å². The molecule has 2 heterocycles. The van der Waals surface area contributed by atoms with Crippen LogP contribution in [0.4, 0.5) is 9.52 Å². The quantitative estimate of drug-likeness (QED) is 0.739. The molecule has 3 nitrogen and oxygen atoms in total. The molecule has 0 radical (unpaired) electrons. The van der Waals surface area contributed by atoms with E-state index < -0.39 is 0 Å². The number of aromatic amines is 1. The summed E-state index contributed by atoms with van der Waals surface area (Å²) in [6.45, 7) is 0. The Bertz CT molecular complexity index is 727. The van der Waals surface area contributed by atoms with E-state index >= 15 is 0 Å². The molecule has 0 spiro atoms. The fraction of sp³-hybridized carbons (Fsp3) is 0. The van der Waals surface area contributed by atoms with E-state index in [2.05, 4.69) is 9.97 Å². The number of halogens is 1. The molecule has 90 valence electrons. The number of fused-ring (bicyclic) bond motifs is 1. The summed E-state index contributed by atoms with van der Waals surface area (Å²) in [6.07, 6.45) is 5.60. The van der Waals surface area contributed by atoms with Crippen molar-refractivity contribution in [2.75, 3.05) is 5.73 Å². The maximum absolute atomic E-state index is 13.2. The largest absolute Gasteiger partial charge is 0.375 e. The summed E-state index contributed by atoms with van der Waals surface area (Å²) in [7, 11) is 0. The number of anilines is 1. The molecular formula is C13H10FN3S. The van der Waals surface area contributed by atoms with E-state index in [0.717, 1.165) is 22.2 Å². The lowest BCUT2D eigenvalue weighted by atomic mass is 10.1. The van der Waals surface area contributed by atoms with Gasteiger partial charge in [0.25, 0.3) is 0 Å². The number of nitrogens with two attached hydrogens (primary N) is 1. The third-order valence-electron chi connectivity index (χ3n) is 2.65. The molecule has 0 bridgehead atoms. The topological polar surface area (TPSA) is 54.7 Å². The lowest BCUT2D eigenvalue weighted by molar-refractivity contribution is 0.629. The highest BCUT2D eigenvalue weighted by atomic mass is 32.1. The minimum Gasteiger partial charge on any atom is -0.375 e. The predicted molar refractivity (Wildman–Crippen MR) is 73.7 cm³/mol. The van der Waals surface area contributed by atoms with Crippen LogP contribution in [0.2, 0.25) is 0 Å². The molecule has 0 aliphatic heterocycles. The molecule has 3 rings (SSSR count). The van der Waals surface area contributed by atoms with Gasteiger partial charge in [0.15, 0.2) is 5.13 Å². The first kappa shape index (κ1) is 11.0. The zero-order valence-electron chi connectivity index (χ0n) is 9.35. The van der Waals surface area contributed by atoms with Crippen molar-refractivity contribution in [1.29, 1.82) is 0 Å². The third kappa shape index (κ3) is 2.00. The molecule has 18 heavy (non-hydrogen) atoms. The van der Waals surface area contributed by atoms with Crippen LogP contribution >= 0.6 is 11.3 Å². The van der Waals surface area contributed by atoms with E-state index in [1.165, 1.54) is 23.5 Å². The van der Waals surface area contributed by atoms with Gasteiger partial charge in [-0.2, -0.15) is 0 Å². The Kier molecular flexibility index (Phi) is 2.60. The fourth-order valence-corrected chi connectivity index (χ4v) is 2.34. The fourth-order valence-electron chi connectivity index (χ4n) is 1.80. The molecule has 3 aromatic rings. The van der Waals surface area contributed by atoms with Gasteiger partial charge in [0.2, 0.25) is 0 Å². The van der Waals surface area contributed by atoms with Crippen LogP contribution < -0.4 is 5.73 Å². The van der Waals surface area contributed by atoms with E-state index in [4.69, 9.17) is 5.73 Å². The monoisotopic (exact) mass is 259 g/mol. The second-order valence-corrected chi connectivity index (χ2v) is 4.77. The van der Waals surface area contributed by atoms with Gasteiger partial charge in [-0.25, -0.2) is 9.37 Å². The second-order valence-electron chi connectivity index (χ2n) is 3.88. The van der Waals surface area contributed by atoms with Crippen molar-refractivity contribution in [2.45, 2.75) is 0 Å². The SMILES string of the molecule is Nc1nc(C=Cc2c[nH]c3ccc(F)cc23)cs1. The molecule has 0 atom stereocenters. The Labute approximate surface area is 107 Å². The molecule has 0 saturated carbocycles. The number of benzene rings is 1. The van der Waals surface area contributed by atoms with E-state index in [1.807, 2.05) is 23.7 Å². The van der Waals surface area contributed by atoms with Gasteiger partial charge in [0.05, 0.1) is 5.69 Å². The van der Waals surface area contributed by atoms with Gasteiger partial charge in [-0.05, 0) is 29.8 Å². The first-order chi connectivity index (χ1) is 8.72. The smallest absolute Gasteiger partial charge is 0.180 e. The summed E-state index contributed by atoms with van der Waals surface area (Å²) in [4.78, 5) is 7.23.